The van der Waals surface area contributed by atoms with Gasteiger partial charge in [0, 0.05) is 31.1 Å². The smallest absolute Gasteiger partial charge is 0.135 e. The molecule has 1 saturated heterocycles. The molecule has 2 rings (SSSR count). The maximum Gasteiger partial charge on any atom is 0.135 e. The summed E-state index contributed by atoms with van der Waals surface area (Å²) in [5.41, 5.74) is 0. The van der Waals surface area contributed by atoms with Crippen molar-refractivity contribution in [3.05, 3.63) is 17.0 Å². The average molecular weight is 284 g/mol. The van der Waals surface area contributed by atoms with E-state index < -0.39 is 0 Å². The summed E-state index contributed by atoms with van der Waals surface area (Å²) < 4.78 is 5.69. The Hall–Kier alpha value is -0.870. The maximum absolute atomic E-state index is 6.03. The Bertz CT molecular complexity index is 425. The van der Waals surface area contributed by atoms with Gasteiger partial charge in [-0.1, -0.05) is 32.4 Å². The van der Waals surface area contributed by atoms with Crippen LogP contribution in [0.25, 0.3) is 0 Å². The molecular weight excluding hydrogens is 262 g/mol. The molecular formula is C14H22ClN3O. The molecule has 4 nitrogen and oxygen atoms in total. The highest BCUT2D eigenvalue weighted by Crippen LogP contribution is 2.24. The zero-order valence-electron chi connectivity index (χ0n) is 11.8. The van der Waals surface area contributed by atoms with Crippen molar-refractivity contribution in [2.75, 3.05) is 18.5 Å². The predicted molar refractivity (Wildman–Crippen MR) is 77.8 cm³/mol. The Kier molecular flexibility index (Phi) is 4.99. The van der Waals surface area contributed by atoms with E-state index in [1.54, 1.807) is 6.07 Å². The minimum Gasteiger partial charge on any atom is -0.378 e. The molecule has 1 aliphatic rings. The van der Waals surface area contributed by atoms with E-state index >= 15 is 0 Å². The van der Waals surface area contributed by atoms with E-state index in [0.29, 0.717) is 17.2 Å². The van der Waals surface area contributed by atoms with Crippen LogP contribution in [0.4, 0.5) is 5.82 Å². The van der Waals surface area contributed by atoms with Crippen LogP contribution in [-0.4, -0.2) is 29.2 Å². The van der Waals surface area contributed by atoms with Gasteiger partial charge in [0.15, 0.2) is 0 Å². The Morgan fingerprint density at radius 2 is 2.26 bits per heavy atom. The molecule has 1 aliphatic heterocycles. The zero-order chi connectivity index (χ0) is 13.8. The van der Waals surface area contributed by atoms with Crippen LogP contribution in [0, 0.1) is 5.92 Å². The normalized spacial score (nSPS) is 23.0. The molecule has 2 unspecified atom stereocenters. The van der Waals surface area contributed by atoms with Crippen molar-refractivity contribution in [3.8, 4) is 0 Å². The molecule has 106 valence electrons. The van der Waals surface area contributed by atoms with E-state index in [9.17, 15) is 0 Å². The van der Waals surface area contributed by atoms with Crippen molar-refractivity contribution in [3.63, 3.8) is 0 Å². The fourth-order valence-corrected chi connectivity index (χ4v) is 2.59. The summed E-state index contributed by atoms with van der Waals surface area (Å²) in [6.45, 7) is 8.04. The lowest BCUT2D eigenvalue weighted by Crippen LogP contribution is -2.23. The van der Waals surface area contributed by atoms with Gasteiger partial charge in [0.1, 0.15) is 16.8 Å². The highest BCUT2D eigenvalue weighted by Gasteiger charge is 2.26. The van der Waals surface area contributed by atoms with Gasteiger partial charge in [-0.25, -0.2) is 9.97 Å². The standard InChI is InChI=1S/C14H22ClN3O/c1-4-11-10(5-6-19-11)8-16-13-7-12(15)17-14(18-13)9(2)3/h7,9-11H,4-6,8H2,1-3H3,(H,16,17,18). The van der Waals surface area contributed by atoms with Crippen LogP contribution < -0.4 is 5.32 Å². The second-order valence-corrected chi connectivity index (χ2v) is 5.72. The van der Waals surface area contributed by atoms with E-state index in [-0.39, 0.29) is 5.92 Å². The summed E-state index contributed by atoms with van der Waals surface area (Å²) in [6, 6.07) is 1.78. The largest absolute Gasteiger partial charge is 0.378 e. The van der Waals surface area contributed by atoms with Gasteiger partial charge in [0.2, 0.25) is 0 Å². The van der Waals surface area contributed by atoms with Crippen LogP contribution >= 0.6 is 11.6 Å². The molecule has 1 aromatic rings. The first kappa shape index (κ1) is 14.5. The number of nitrogens with one attached hydrogen (secondary N) is 1. The molecule has 2 heterocycles. The third-order valence-corrected chi connectivity index (χ3v) is 3.72. The predicted octanol–water partition coefficient (Wildman–Crippen LogP) is 3.48. The summed E-state index contributed by atoms with van der Waals surface area (Å²) >= 11 is 6.03. The molecule has 0 spiro atoms. The number of hydrogen-bond acceptors (Lipinski definition) is 4. The lowest BCUT2D eigenvalue weighted by molar-refractivity contribution is 0.0900. The SMILES string of the molecule is CCC1OCCC1CNc1cc(Cl)nc(C(C)C)n1. The number of ether oxygens (including phenoxy) is 1. The highest BCUT2D eigenvalue weighted by molar-refractivity contribution is 6.29. The summed E-state index contributed by atoms with van der Waals surface area (Å²) in [5, 5.41) is 3.87. The maximum atomic E-state index is 6.03. The van der Waals surface area contributed by atoms with Gasteiger partial charge in [-0.15, -0.1) is 0 Å². The van der Waals surface area contributed by atoms with E-state index in [4.69, 9.17) is 16.3 Å². The second-order valence-electron chi connectivity index (χ2n) is 5.34. The Labute approximate surface area is 119 Å². The van der Waals surface area contributed by atoms with E-state index in [1.807, 2.05) is 0 Å². The molecule has 1 aromatic heterocycles. The minimum atomic E-state index is 0.275. The quantitative estimate of drug-likeness (QED) is 0.841. The molecule has 0 aromatic carbocycles. The van der Waals surface area contributed by atoms with E-state index in [0.717, 1.165) is 37.6 Å². The van der Waals surface area contributed by atoms with Gasteiger partial charge < -0.3 is 10.1 Å². The van der Waals surface area contributed by atoms with E-state index in [2.05, 4.69) is 36.1 Å². The number of halogens is 1. The summed E-state index contributed by atoms with van der Waals surface area (Å²) in [6.07, 6.45) is 2.55. The summed E-state index contributed by atoms with van der Waals surface area (Å²) in [7, 11) is 0. The van der Waals surface area contributed by atoms with Gasteiger partial charge in [-0.2, -0.15) is 0 Å². The third-order valence-electron chi connectivity index (χ3n) is 3.52. The fraction of sp³-hybridized carbons (Fsp3) is 0.714. The van der Waals surface area contributed by atoms with E-state index in [1.165, 1.54) is 0 Å². The number of nitrogens with zero attached hydrogens (tertiary/aromatic N) is 2. The molecule has 0 aliphatic carbocycles. The molecule has 5 heteroatoms. The van der Waals surface area contributed by atoms with Crippen molar-refractivity contribution < 1.29 is 4.74 Å². The van der Waals surface area contributed by atoms with Gasteiger partial charge in [-0.05, 0) is 12.8 Å². The van der Waals surface area contributed by atoms with Crippen LogP contribution in [0.3, 0.4) is 0 Å². The Morgan fingerprint density at radius 1 is 1.47 bits per heavy atom. The fourth-order valence-electron chi connectivity index (χ4n) is 2.40. The number of anilines is 1. The first-order valence-electron chi connectivity index (χ1n) is 7.00. The molecule has 0 saturated carbocycles. The molecule has 1 N–H and O–H groups in total. The van der Waals surface area contributed by atoms with Gasteiger partial charge in [0.25, 0.3) is 0 Å². The van der Waals surface area contributed by atoms with Crippen LogP contribution in [0.2, 0.25) is 5.15 Å². The first-order chi connectivity index (χ1) is 9.10. The topological polar surface area (TPSA) is 47.0 Å². The molecule has 2 atom stereocenters. The van der Waals surface area contributed by atoms with Crippen molar-refractivity contribution >= 4 is 17.4 Å². The first-order valence-corrected chi connectivity index (χ1v) is 7.38. The molecule has 0 amide bonds. The van der Waals surface area contributed by atoms with Crippen molar-refractivity contribution in [2.24, 2.45) is 5.92 Å². The number of hydrogen-bond donors (Lipinski definition) is 1. The van der Waals surface area contributed by atoms with Gasteiger partial charge >= 0.3 is 0 Å². The monoisotopic (exact) mass is 283 g/mol. The molecule has 0 bridgehead atoms. The van der Waals surface area contributed by atoms with Crippen LogP contribution in [0.1, 0.15) is 45.4 Å². The van der Waals surface area contributed by atoms with Crippen LogP contribution in [0.15, 0.2) is 6.07 Å². The minimum absolute atomic E-state index is 0.275. The average Bonchev–Trinajstić information content (AvgIpc) is 2.83. The van der Waals surface area contributed by atoms with Crippen molar-refractivity contribution in [2.45, 2.75) is 45.6 Å². The van der Waals surface area contributed by atoms with Gasteiger partial charge in [-0.3, -0.25) is 0 Å². The summed E-state index contributed by atoms with van der Waals surface area (Å²) in [5.74, 6) is 2.42. The summed E-state index contributed by atoms with van der Waals surface area (Å²) in [4.78, 5) is 8.73. The third kappa shape index (κ3) is 3.80. The zero-order valence-corrected chi connectivity index (χ0v) is 12.6. The Morgan fingerprint density at radius 3 is 2.95 bits per heavy atom. The molecule has 1 fully saturated rings. The second kappa shape index (κ2) is 6.53. The van der Waals surface area contributed by atoms with Crippen molar-refractivity contribution in [1.29, 1.82) is 0 Å². The lowest BCUT2D eigenvalue weighted by Gasteiger charge is -2.18. The highest BCUT2D eigenvalue weighted by atomic mass is 35.5. The Balaban J connectivity index is 1.99. The molecule has 0 radical (unpaired) electrons. The van der Waals surface area contributed by atoms with Crippen LogP contribution in [0.5, 0.6) is 0 Å². The van der Waals surface area contributed by atoms with Crippen LogP contribution in [-0.2, 0) is 4.74 Å². The molecule has 19 heavy (non-hydrogen) atoms. The van der Waals surface area contributed by atoms with Crippen molar-refractivity contribution in [1.82, 2.24) is 9.97 Å². The number of aromatic nitrogens is 2. The lowest BCUT2D eigenvalue weighted by atomic mass is 10.00. The van der Waals surface area contributed by atoms with Gasteiger partial charge in [0.05, 0.1) is 6.10 Å². The number of rotatable bonds is 5.